The maximum absolute atomic E-state index is 12.9. The third-order valence-electron chi connectivity index (χ3n) is 6.41. The molecular formula is C21H27N3O4. The van der Waals surface area contributed by atoms with Crippen LogP contribution in [-0.4, -0.2) is 79.2 Å². The predicted octanol–water partition coefficient (Wildman–Crippen LogP) is 0.428. The van der Waals surface area contributed by atoms with Crippen LogP contribution in [0.15, 0.2) is 24.3 Å². The minimum Gasteiger partial charge on any atom is -0.480 e. The summed E-state index contributed by atoms with van der Waals surface area (Å²) in [5.41, 5.74) is 0.745. The second-order valence-corrected chi connectivity index (χ2v) is 8.61. The first-order valence-electron chi connectivity index (χ1n) is 10.2. The van der Waals surface area contributed by atoms with Crippen molar-refractivity contribution in [3.63, 3.8) is 0 Å². The number of fused-ring (bicyclic) bond motifs is 1. The molecule has 1 aliphatic carbocycles. The Balaban J connectivity index is 1.21. The molecule has 7 nitrogen and oxygen atoms in total. The number of amides is 2. The number of likely N-dealkylation sites (N-methyl/N-ethyl adjacent to an activating group) is 1. The molecule has 1 spiro atoms. The summed E-state index contributed by atoms with van der Waals surface area (Å²) < 4.78 is 12.0. The lowest BCUT2D eigenvalue weighted by Gasteiger charge is -2.55. The van der Waals surface area contributed by atoms with Gasteiger partial charge in [-0.2, -0.15) is 0 Å². The predicted molar refractivity (Wildman–Crippen MR) is 102 cm³/mol. The molecule has 0 unspecified atom stereocenters. The second-order valence-electron chi connectivity index (χ2n) is 8.61. The molecule has 4 aliphatic rings. The van der Waals surface area contributed by atoms with E-state index in [1.807, 2.05) is 29.2 Å². The largest absolute Gasteiger partial charge is 0.480 e. The second kappa shape index (κ2) is 6.74. The van der Waals surface area contributed by atoms with Crippen LogP contribution in [0, 0.1) is 5.92 Å². The summed E-state index contributed by atoms with van der Waals surface area (Å²) in [5.74, 6) is 1.56. The number of hydrogen-bond acceptors (Lipinski definition) is 5. The highest BCUT2D eigenvalue weighted by Crippen LogP contribution is 2.37. The van der Waals surface area contributed by atoms with Gasteiger partial charge in [-0.25, -0.2) is 0 Å². The number of morpholine rings is 1. The van der Waals surface area contributed by atoms with Crippen LogP contribution in [0.1, 0.15) is 18.4 Å². The van der Waals surface area contributed by atoms with Gasteiger partial charge in [-0.05, 0) is 30.4 Å². The van der Waals surface area contributed by atoms with Crippen molar-refractivity contribution in [2.45, 2.75) is 37.0 Å². The van der Waals surface area contributed by atoms with Gasteiger partial charge in [0.15, 0.2) is 6.10 Å². The van der Waals surface area contributed by atoms with Gasteiger partial charge in [-0.3, -0.25) is 14.5 Å². The Labute approximate surface area is 165 Å². The first-order valence-corrected chi connectivity index (χ1v) is 10.2. The highest BCUT2D eigenvalue weighted by molar-refractivity contribution is 5.84. The molecule has 28 heavy (non-hydrogen) atoms. The molecule has 0 bridgehead atoms. The summed E-state index contributed by atoms with van der Waals surface area (Å²) >= 11 is 0. The fourth-order valence-electron chi connectivity index (χ4n) is 4.64. The van der Waals surface area contributed by atoms with E-state index in [1.165, 1.54) is 12.8 Å². The molecule has 0 aromatic heterocycles. The lowest BCUT2D eigenvalue weighted by Crippen LogP contribution is -2.74. The summed E-state index contributed by atoms with van der Waals surface area (Å²) in [6, 6.07) is 7.60. The Morgan fingerprint density at radius 1 is 1.21 bits per heavy atom. The summed E-state index contributed by atoms with van der Waals surface area (Å²) in [5, 5.41) is 2.75. The van der Waals surface area contributed by atoms with Gasteiger partial charge < -0.3 is 19.7 Å². The normalized spacial score (nSPS) is 28.4. The Kier molecular flexibility index (Phi) is 4.32. The maximum Gasteiger partial charge on any atom is 0.264 e. The highest BCUT2D eigenvalue weighted by atomic mass is 16.5. The first kappa shape index (κ1) is 17.9. The Morgan fingerprint density at radius 3 is 2.71 bits per heavy atom. The van der Waals surface area contributed by atoms with Crippen LogP contribution in [-0.2, 0) is 20.7 Å². The molecule has 3 aliphatic heterocycles. The molecule has 2 atom stereocenters. The van der Waals surface area contributed by atoms with E-state index < -0.39 is 6.10 Å². The highest BCUT2D eigenvalue weighted by Gasteiger charge is 2.53. The van der Waals surface area contributed by atoms with Gasteiger partial charge in [0.05, 0.1) is 19.7 Å². The number of carbonyl (C=O) groups is 2. The Hall–Kier alpha value is -2.12. The van der Waals surface area contributed by atoms with E-state index in [4.69, 9.17) is 9.47 Å². The van der Waals surface area contributed by atoms with Crippen LogP contribution in [0.5, 0.6) is 5.75 Å². The average molecular weight is 385 g/mol. The van der Waals surface area contributed by atoms with Crippen molar-refractivity contribution < 1.29 is 19.1 Å². The molecule has 1 saturated carbocycles. The van der Waals surface area contributed by atoms with E-state index in [2.05, 4.69) is 10.2 Å². The molecule has 3 heterocycles. The van der Waals surface area contributed by atoms with Crippen LogP contribution < -0.4 is 10.1 Å². The number of nitrogens with one attached hydrogen (secondary N) is 1. The number of ether oxygens (including phenoxy) is 2. The van der Waals surface area contributed by atoms with E-state index in [9.17, 15) is 9.59 Å². The number of likely N-dealkylation sites (tertiary alicyclic amines) is 1. The SMILES string of the molecule is CNC(=O)[C@H]1COC2(CN(C(=O)[C@H]3Cc4ccccc4O3)C2)CN1CC1CC1. The maximum atomic E-state index is 12.9. The van der Waals surface area contributed by atoms with Crippen LogP contribution in [0.3, 0.4) is 0 Å². The number of rotatable bonds is 4. The zero-order valence-electron chi connectivity index (χ0n) is 16.2. The summed E-state index contributed by atoms with van der Waals surface area (Å²) in [6.07, 6.45) is 2.69. The van der Waals surface area contributed by atoms with Crippen molar-refractivity contribution in [2.75, 3.05) is 39.8 Å². The minimum absolute atomic E-state index is 0.0138. The molecule has 1 aromatic carbocycles. The number of carbonyl (C=O) groups excluding carboxylic acids is 2. The van der Waals surface area contributed by atoms with Crippen LogP contribution in [0.4, 0.5) is 0 Å². The average Bonchev–Trinajstić information content (AvgIpc) is 3.39. The first-order chi connectivity index (χ1) is 13.6. The fraction of sp³-hybridized carbons (Fsp3) is 0.619. The minimum atomic E-state index is -0.431. The van der Waals surface area contributed by atoms with Gasteiger partial charge in [0.1, 0.15) is 17.4 Å². The Bertz CT molecular complexity index is 763. The topological polar surface area (TPSA) is 71.1 Å². The molecule has 0 radical (unpaired) electrons. The molecule has 3 fully saturated rings. The van der Waals surface area contributed by atoms with Crippen molar-refractivity contribution in [1.29, 1.82) is 0 Å². The quantitative estimate of drug-likeness (QED) is 0.814. The van der Waals surface area contributed by atoms with Gasteiger partial charge in [0.2, 0.25) is 5.91 Å². The van der Waals surface area contributed by atoms with Gasteiger partial charge in [-0.1, -0.05) is 18.2 Å². The summed E-state index contributed by atoms with van der Waals surface area (Å²) in [7, 11) is 1.67. The zero-order valence-corrected chi connectivity index (χ0v) is 16.2. The third-order valence-corrected chi connectivity index (χ3v) is 6.41. The van der Waals surface area contributed by atoms with Crippen LogP contribution in [0.2, 0.25) is 0 Å². The standard InChI is InChI=1S/C21H27N3O4/c1-22-19(25)16-10-27-21(11-23(16)9-14-6-7-14)12-24(13-21)20(26)18-8-15-4-2-3-5-17(15)28-18/h2-5,14,16,18H,6-13H2,1H3,(H,22,25)/t16-,18-/m1/s1. The smallest absolute Gasteiger partial charge is 0.264 e. The number of benzene rings is 1. The van der Waals surface area contributed by atoms with E-state index >= 15 is 0 Å². The van der Waals surface area contributed by atoms with Crippen molar-refractivity contribution in [3.05, 3.63) is 29.8 Å². The molecular weight excluding hydrogens is 358 g/mol. The van der Waals surface area contributed by atoms with Gasteiger partial charge in [-0.15, -0.1) is 0 Å². The molecule has 2 amide bonds. The van der Waals surface area contributed by atoms with Gasteiger partial charge in [0.25, 0.3) is 5.91 Å². The molecule has 7 heteroatoms. The number of nitrogens with zero attached hydrogens (tertiary/aromatic N) is 2. The number of para-hydroxylation sites is 1. The molecule has 2 saturated heterocycles. The molecule has 5 rings (SSSR count). The van der Waals surface area contributed by atoms with Gasteiger partial charge >= 0.3 is 0 Å². The van der Waals surface area contributed by atoms with Crippen molar-refractivity contribution in [1.82, 2.24) is 15.1 Å². The number of hydrogen-bond donors (Lipinski definition) is 1. The monoisotopic (exact) mass is 385 g/mol. The lowest BCUT2D eigenvalue weighted by atomic mass is 9.89. The van der Waals surface area contributed by atoms with Crippen molar-refractivity contribution >= 4 is 11.8 Å². The summed E-state index contributed by atoms with van der Waals surface area (Å²) in [6.45, 7) is 3.18. The summed E-state index contributed by atoms with van der Waals surface area (Å²) in [4.78, 5) is 29.2. The molecule has 1 aromatic rings. The fourth-order valence-corrected chi connectivity index (χ4v) is 4.64. The molecule has 150 valence electrons. The van der Waals surface area contributed by atoms with Crippen molar-refractivity contribution in [3.8, 4) is 5.75 Å². The van der Waals surface area contributed by atoms with Gasteiger partial charge in [0, 0.05) is 26.6 Å². The van der Waals surface area contributed by atoms with E-state index in [1.54, 1.807) is 7.05 Å². The molecule has 1 N–H and O–H groups in total. The Morgan fingerprint density at radius 2 is 2.00 bits per heavy atom. The van der Waals surface area contributed by atoms with Crippen LogP contribution >= 0.6 is 0 Å². The van der Waals surface area contributed by atoms with Crippen molar-refractivity contribution in [2.24, 2.45) is 5.92 Å². The van der Waals surface area contributed by atoms with Crippen LogP contribution in [0.25, 0.3) is 0 Å². The third kappa shape index (κ3) is 3.16. The lowest BCUT2D eigenvalue weighted by molar-refractivity contribution is -0.206. The van der Waals surface area contributed by atoms with E-state index in [0.29, 0.717) is 38.6 Å². The van der Waals surface area contributed by atoms with E-state index in [-0.39, 0.29) is 23.5 Å². The van der Waals surface area contributed by atoms with E-state index in [0.717, 1.165) is 17.9 Å². The zero-order chi connectivity index (χ0) is 19.3.